The third-order valence-corrected chi connectivity index (χ3v) is 3.70. The van der Waals surface area contributed by atoms with Crippen molar-refractivity contribution in [1.29, 1.82) is 0 Å². The molecule has 2 atom stereocenters. The van der Waals surface area contributed by atoms with Gasteiger partial charge in [0.25, 0.3) is 5.91 Å². The van der Waals surface area contributed by atoms with Gasteiger partial charge in [0.15, 0.2) is 0 Å². The number of carbonyl (C=O) groups is 1. The van der Waals surface area contributed by atoms with Gasteiger partial charge in [-0.2, -0.15) is 0 Å². The predicted octanol–water partition coefficient (Wildman–Crippen LogP) is 1.97. The van der Waals surface area contributed by atoms with E-state index in [1.54, 1.807) is 11.9 Å². The van der Waals surface area contributed by atoms with E-state index in [1.165, 1.54) is 0 Å². The van der Waals surface area contributed by atoms with E-state index in [2.05, 4.69) is 0 Å². The second kappa shape index (κ2) is 8.98. The Balaban J connectivity index is 0.00000242. The van der Waals surface area contributed by atoms with Gasteiger partial charge in [0.1, 0.15) is 11.9 Å². The molecular weight excluding hydrogens is 304 g/mol. The topological polar surface area (TPSA) is 64.8 Å². The van der Waals surface area contributed by atoms with Gasteiger partial charge in [-0.3, -0.25) is 4.79 Å². The highest BCUT2D eigenvalue weighted by atomic mass is 35.5. The summed E-state index contributed by atoms with van der Waals surface area (Å²) < 4.78 is 11.3. The first-order chi connectivity index (χ1) is 10.2. The molecule has 1 aromatic rings. The molecule has 0 radical (unpaired) electrons. The zero-order chi connectivity index (χ0) is 15.2. The van der Waals surface area contributed by atoms with E-state index in [4.69, 9.17) is 15.2 Å². The first-order valence-corrected chi connectivity index (χ1v) is 7.47. The lowest BCUT2D eigenvalue weighted by atomic mass is 10.1. The van der Waals surface area contributed by atoms with Crippen LogP contribution in [-0.2, 0) is 16.1 Å². The summed E-state index contributed by atoms with van der Waals surface area (Å²) in [6.45, 7) is 3.55. The summed E-state index contributed by atoms with van der Waals surface area (Å²) in [6, 6.07) is 7.79. The maximum atomic E-state index is 12.4. The molecule has 124 valence electrons. The minimum atomic E-state index is -0.359. The van der Waals surface area contributed by atoms with Crippen molar-refractivity contribution < 1.29 is 14.3 Å². The molecule has 0 bridgehead atoms. The third kappa shape index (κ3) is 4.60. The van der Waals surface area contributed by atoms with Crippen LogP contribution in [0.15, 0.2) is 24.3 Å². The summed E-state index contributed by atoms with van der Waals surface area (Å²) in [7, 11) is 1.80. The number of nitrogens with two attached hydrogens (primary N) is 1. The van der Waals surface area contributed by atoms with Crippen LogP contribution in [0.1, 0.15) is 25.3 Å². The number of rotatable bonds is 6. The number of benzene rings is 1. The molecule has 0 aromatic heterocycles. The van der Waals surface area contributed by atoms with Gasteiger partial charge in [-0.05, 0) is 25.8 Å². The Morgan fingerprint density at radius 2 is 2.14 bits per heavy atom. The Morgan fingerprint density at radius 3 is 2.77 bits per heavy atom. The van der Waals surface area contributed by atoms with E-state index in [0.717, 1.165) is 24.2 Å². The summed E-state index contributed by atoms with van der Waals surface area (Å²) in [6.07, 6.45) is 1.26. The van der Waals surface area contributed by atoms with Crippen molar-refractivity contribution >= 4 is 18.3 Å². The lowest BCUT2D eigenvalue weighted by Gasteiger charge is -2.22. The van der Waals surface area contributed by atoms with Gasteiger partial charge in [0.05, 0.1) is 12.7 Å². The van der Waals surface area contributed by atoms with Gasteiger partial charge in [0.2, 0.25) is 0 Å². The summed E-state index contributed by atoms with van der Waals surface area (Å²) >= 11 is 0. The van der Waals surface area contributed by atoms with Crippen LogP contribution in [0.4, 0.5) is 0 Å². The molecular formula is C16H25ClN2O3. The van der Waals surface area contributed by atoms with E-state index < -0.39 is 0 Å². The maximum Gasteiger partial charge on any atom is 0.251 e. The summed E-state index contributed by atoms with van der Waals surface area (Å²) in [5.74, 6) is 0.837. The first kappa shape index (κ1) is 18.7. The quantitative estimate of drug-likeness (QED) is 0.867. The molecule has 1 aromatic carbocycles. The number of carbonyl (C=O) groups excluding carboxylic acids is 1. The fourth-order valence-electron chi connectivity index (χ4n) is 2.57. The Kier molecular flexibility index (Phi) is 7.65. The highest BCUT2D eigenvalue weighted by Gasteiger charge is 2.31. The van der Waals surface area contributed by atoms with Crippen LogP contribution in [0, 0.1) is 0 Å². The number of hydrogen-bond donors (Lipinski definition) is 1. The number of amides is 1. The Morgan fingerprint density at radius 1 is 1.41 bits per heavy atom. The molecule has 0 aliphatic carbocycles. The van der Waals surface area contributed by atoms with Crippen molar-refractivity contribution in [3.05, 3.63) is 29.8 Å². The number of hydrogen-bond acceptors (Lipinski definition) is 4. The SMILES string of the molecule is CCOc1ccccc1CN(C)C(=O)[C@@H]1CC[C@H](CN)O1.Cl. The molecule has 1 aliphatic rings. The maximum absolute atomic E-state index is 12.4. The highest BCUT2D eigenvalue weighted by molar-refractivity contribution is 5.85. The van der Waals surface area contributed by atoms with Crippen LogP contribution in [-0.4, -0.2) is 43.2 Å². The van der Waals surface area contributed by atoms with Crippen LogP contribution in [0.2, 0.25) is 0 Å². The Labute approximate surface area is 138 Å². The van der Waals surface area contributed by atoms with Crippen molar-refractivity contribution in [2.24, 2.45) is 5.73 Å². The van der Waals surface area contributed by atoms with Crippen molar-refractivity contribution in [3.8, 4) is 5.75 Å². The van der Waals surface area contributed by atoms with Gasteiger partial charge in [-0.25, -0.2) is 0 Å². The average molecular weight is 329 g/mol. The number of halogens is 1. The molecule has 1 saturated heterocycles. The van der Waals surface area contributed by atoms with Crippen LogP contribution >= 0.6 is 12.4 Å². The smallest absolute Gasteiger partial charge is 0.251 e. The van der Waals surface area contributed by atoms with Gasteiger partial charge in [0, 0.05) is 25.7 Å². The molecule has 5 nitrogen and oxygen atoms in total. The number of likely N-dealkylation sites (N-methyl/N-ethyl adjacent to an activating group) is 1. The van der Waals surface area contributed by atoms with E-state index >= 15 is 0 Å². The largest absolute Gasteiger partial charge is 0.494 e. The first-order valence-electron chi connectivity index (χ1n) is 7.47. The lowest BCUT2D eigenvalue weighted by molar-refractivity contribution is -0.141. The molecule has 0 saturated carbocycles. The Bertz CT molecular complexity index is 484. The molecule has 2 rings (SSSR count). The monoisotopic (exact) mass is 328 g/mol. The predicted molar refractivity (Wildman–Crippen MR) is 88.3 cm³/mol. The van der Waals surface area contributed by atoms with Crippen molar-refractivity contribution in [2.75, 3.05) is 20.2 Å². The second-order valence-electron chi connectivity index (χ2n) is 5.29. The summed E-state index contributed by atoms with van der Waals surface area (Å²) in [5.41, 5.74) is 6.59. The van der Waals surface area contributed by atoms with Crippen LogP contribution in [0.3, 0.4) is 0 Å². The molecule has 2 N–H and O–H groups in total. The molecule has 6 heteroatoms. The Hall–Kier alpha value is -1.30. The van der Waals surface area contributed by atoms with E-state index in [9.17, 15) is 4.79 Å². The molecule has 1 heterocycles. The number of nitrogens with zero attached hydrogens (tertiary/aromatic N) is 1. The van der Waals surface area contributed by atoms with Crippen LogP contribution < -0.4 is 10.5 Å². The van der Waals surface area contributed by atoms with E-state index in [1.807, 2.05) is 31.2 Å². The summed E-state index contributed by atoms with van der Waals surface area (Å²) in [5, 5.41) is 0. The number of para-hydroxylation sites is 1. The van der Waals surface area contributed by atoms with Gasteiger partial charge < -0.3 is 20.1 Å². The lowest BCUT2D eigenvalue weighted by Crippen LogP contribution is -2.36. The number of ether oxygens (including phenoxy) is 2. The molecule has 1 fully saturated rings. The minimum absolute atomic E-state index is 0. The van der Waals surface area contributed by atoms with Crippen molar-refractivity contribution in [1.82, 2.24) is 4.90 Å². The van der Waals surface area contributed by atoms with Crippen LogP contribution in [0.25, 0.3) is 0 Å². The van der Waals surface area contributed by atoms with Gasteiger partial charge in [-0.1, -0.05) is 18.2 Å². The van der Waals surface area contributed by atoms with Crippen molar-refractivity contribution in [3.63, 3.8) is 0 Å². The average Bonchev–Trinajstić information content (AvgIpc) is 2.97. The fourth-order valence-corrected chi connectivity index (χ4v) is 2.57. The molecule has 1 amide bonds. The zero-order valence-electron chi connectivity index (χ0n) is 13.2. The molecule has 0 spiro atoms. The minimum Gasteiger partial charge on any atom is -0.494 e. The van der Waals surface area contributed by atoms with E-state index in [0.29, 0.717) is 19.7 Å². The summed E-state index contributed by atoms with van der Waals surface area (Å²) in [4.78, 5) is 14.1. The van der Waals surface area contributed by atoms with E-state index in [-0.39, 0.29) is 30.5 Å². The molecule has 0 unspecified atom stereocenters. The van der Waals surface area contributed by atoms with Crippen LogP contribution in [0.5, 0.6) is 5.75 Å². The second-order valence-corrected chi connectivity index (χ2v) is 5.29. The fraction of sp³-hybridized carbons (Fsp3) is 0.562. The van der Waals surface area contributed by atoms with Gasteiger partial charge >= 0.3 is 0 Å². The third-order valence-electron chi connectivity index (χ3n) is 3.70. The zero-order valence-corrected chi connectivity index (χ0v) is 14.0. The highest BCUT2D eigenvalue weighted by Crippen LogP contribution is 2.23. The molecule has 1 aliphatic heterocycles. The van der Waals surface area contributed by atoms with Crippen molar-refractivity contribution in [2.45, 2.75) is 38.5 Å². The standard InChI is InChI=1S/C16H24N2O3.ClH/c1-3-20-14-7-5-4-6-12(14)11-18(2)16(19)15-9-8-13(10-17)21-15;/h4-7,13,15H,3,8-11,17H2,1-2H3;1H/t13-,15+;/m1./s1. The normalized spacial score (nSPS) is 20.3. The van der Waals surface area contributed by atoms with Gasteiger partial charge in [-0.15, -0.1) is 12.4 Å². The molecule has 22 heavy (non-hydrogen) atoms.